The van der Waals surface area contributed by atoms with Crippen LogP contribution < -0.4 is 4.87 Å². The number of ketones is 1. The molecule has 5 heteroatoms. The highest BCUT2D eigenvalue weighted by Crippen LogP contribution is 2.19. The summed E-state index contributed by atoms with van der Waals surface area (Å²) in [5, 5.41) is 0. The van der Waals surface area contributed by atoms with Crippen LogP contribution in [-0.4, -0.2) is 16.3 Å². The summed E-state index contributed by atoms with van der Waals surface area (Å²) in [5.41, 5.74) is 1.15. The highest BCUT2D eigenvalue weighted by atomic mass is 32.1. The first kappa shape index (κ1) is 11.7. The van der Waals surface area contributed by atoms with Crippen molar-refractivity contribution in [1.82, 2.24) is 4.57 Å². The van der Waals surface area contributed by atoms with Gasteiger partial charge < -0.3 is 0 Å². The minimum atomic E-state index is -0.311. The number of benzene rings is 1. The Morgan fingerprint density at radius 2 is 2.06 bits per heavy atom. The third-order valence-electron chi connectivity index (χ3n) is 2.54. The molecular weight excluding hydrogens is 238 g/mol. The van der Waals surface area contributed by atoms with E-state index in [9.17, 15) is 14.4 Å². The van der Waals surface area contributed by atoms with Crippen molar-refractivity contribution in [2.24, 2.45) is 0 Å². The van der Waals surface area contributed by atoms with Crippen molar-refractivity contribution in [3.8, 4) is 0 Å². The molecule has 0 N–H and O–H groups in total. The van der Waals surface area contributed by atoms with Gasteiger partial charge in [-0.25, -0.2) is 4.57 Å². The second-order valence-corrected chi connectivity index (χ2v) is 4.67. The number of rotatable bonds is 2. The Bertz CT molecular complexity index is 666. The quantitative estimate of drug-likeness (QED) is 0.767. The fourth-order valence-corrected chi connectivity index (χ4v) is 2.65. The average molecular weight is 249 g/mol. The number of thiazole rings is 1. The SMILES string of the molecule is CCC(=O)c1ccc2c(c1)sc(=O)n2C(C)=O. The molecule has 0 aliphatic rings. The summed E-state index contributed by atoms with van der Waals surface area (Å²) in [4.78, 5) is 34.1. The number of aromatic nitrogens is 1. The Balaban J connectivity index is 2.70. The van der Waals surface area contributed by atoms with Gasteiger partial charge in [0.05, 0.1) is 10.2 Å². The van der Waals surface area contributed by atoms with E-state index in [0.717, 1.165) is 15.9 Å². The first-order valence-electron chi connectivity index (χ1n) is 5.24. The van der Waals surface area contributed by atoms with E-state index in [1.165, 1.54) is 6.92 Å². The van der Waals surface area contributed by atoms with Gasteiger partial charge in [0.25, 0.3) is 0 Å². The maximum Gasteiger partial charge on any atom is 0.314 e. The maximum absolute atomic E-state index is 11.6. The molecular formula is C12H11NO3S. The van der Waals surface area contributed by atoms with Crippen LogP contribution in [0, 0.1) is 0 Å². The van der Waals surface area contributed by atoms with Gasteiger partial charge in [0.15, 0.2) is 5.78 Å². The van der Waals surface area contributed by atoms with Crippen LogP contribution in [-0.2, 0) is 0 Å². The molecule has 0 saturated carbocycles. The Labute approximate surface area is 101 Å². The summed E-state index contributed by atoms with van der Waals surface area (Å²) >= 11 is 0.983. The van der Waals surface area contributed by atoms with Gasteiger partial charge in [0.1, 0.15) is 0 Å². The topological polar surface area (TPSA) is 56.1 Å². The van der Waals surface area contributed by atoms with Crippen molar-refractivity contribution in [3.05, 3.63) is 33.4 Å². The van der Waals surface area contributed by atoms with Crippen molar-refractivity contribution >= 4 is 33.2 Å². The Kier molecular flexibility index (Phi) is 2.93. The lowest BCUT2D eigenvalue weighted by Crippen LogP contribution is -2.18. The summed E-state index contributed by atoms with van der Waals surface area (Å²) in [6.07, 6.45) is 0.424. The molecule has 17 heavy (non-hydrogen) atoms. The number of carbonyl (C=O) groups excluding carboxylic acids is 2. The van der Waals surface area contributed by atoms with Crippen molar-refractivity contribution in [1.29, 1.82) is 0 Å². The number of Topliss-reactive ketones (excluding diaryl/α,β-unsaturated/α-hetero) is 1. The monoisotopic (exact) mass is 249 g/mol. The van der Waals surface area contributed by atoms with Crippen LogP contribution >= 0.6 is 11.3 Å². The lowest BCUT2D eigenvalue weighted by atomic mass is 10.1. The third-order valence-corrected chi connectivity index (χ3v) is 3.44. The predicted octanol–water partition coefficient (Wildman–Crippen LogP) is 2.32. The summed E-state index contributed by atoms with van der Waals surface area (Å²) < 4.78 is 1.80. The van der Waals surface area contributed by atoms with Crippen molar-refractivity contribution in [3.63, 3.8) is 0 Å². The van der Waals surface area contributed by atoms with E-state index in [-0.39, 0.29) is 16.6 Å². The normalized spacial score (nSPS) is 10.7. The number of carbonyl (C=O) groups is 2. The molecule has 2 aromatic rings. The summed E-state index contributed by atoms with van der Waals surface area (Å²) in [6, 6.07) is 4.98. The molecule has 0 spiro atoms. The molecule has 0 aliphatic carbocycles. The first-order valence-corrected chi connectivity index (χ1v) is 6.06. The van der Waals surface area contributed by atoms with E-state index in [1.54, 1.807) is 25.1 Å². The molecule has 4 nitrogen and oxygen atoms in total. The molecule has 0 radical (unpaired) electrons. The maximum atomic E-state index is 11.6. The lowest BCUT2D eigenvalue weighted by Gasteiger charge is -1.99. The molecule has 0 fully saturated rings. The van der Waals surface area contributed by atoms with Crippen LogP contribution in [0.5, 0.6) is 0 Å². The number of hydrogen-bond acceptors (Lipinski definition) is 4. The Morgan fingerprint density at radius 3 is 2.65 bits per heavy atom. The summed E-state index contributed by atoms with van der Waals surface area (Å²) in [7, 11) is 0. The van der Waals surface area contributed by atoms with Crippen LogP contribution in [0.1, 0.15) is 35.4 Å². The van der Waals surface area contributed by atoms with E-state index in [2.05, 4.69) is 0 Å². The molecule has 1 aromatic carbocycles. The summed E-state index contributed by atoms with van der Waals surface area (Å²) in [6.45, 7) is 3.13. The van der Waals surface area contributed by atoms with Gasteiger partial charge in [-0.15, -0.1) is 0 Å². The zero-order valence-electron chi connectivity index (χ0n) is 9.52. The molecule has 0 saturated heterocycles. The summed E-state index contributed by atoms with van der Waals surface area (Å²) in [5.74, 6) is -0.280. The molecule has 0 atom stereocenters. The van der Waals surface area contributed by atoms with Crippen molar-refractivity contribution in [2.75, 3.05) is 0 Å². The van der Waals surface area contributed by atoms with Gasteiger partial charge in [-0.3, -0.25) is 14.4 Å². The second-order valence-electron chi connectivity index (χ2n) is 3.68. The lowest BCUT2D eigenvalue weighted by molar-refractivity contribution is 0.0938. The van der Waals surface area contributed by atoms with Gasteiger partial charge in [0, 0.05) is 18.9 Å². The van der Waals surface area contributed by atoms with E-state index in [0.29, 0.717) is 22.2 Å². The second kappa shape index (κ2) is 4.25. The third kappa shape index (κ3) is 1.93. The van der Waals surface area contributed by atoms with Gasteiger partial charge in [-0.1, -0.05) is 18.3 Å². The zero-order valence-corrected chi connectivity index (χ0v) is 10.3. The Morgan fingerprint density at radius 1 is 1.35 bits per heavy atom. The number of hydrogen-bond donors (Lipinski definition) is 0. The predicted molar refractivity (Wildman–Crippen MR) is 67.0 cm³/mol. The smallest absolute Gasteiger partial charge is 0.294 e. The van der Waals surface area contributed by atoms with Gasteiger partial charge in [-0.05, 0) is 18.2 Å². The van der Waals surface area contributed by atoms with E-state index in [4.69, 9.17) is 0 Å². The highest BCUT2D eigenvalue weighted by Gasteiger charge is 2.12. The molecule has 0 aliphatic heterocycles. The van der Waals surface area contributed by atoms with Gasteiger partial charge in [0.2, 0.25) is 5.91 Å². The fourth-order valence-electron chi connectivity index (χ4n) is 1.69. The van der Waals surface area contributed by atoms with Crippen LogP contribution in [0.15, 0.2) is 23.0 Å². The minimum absolute atomic E-state index is 0.0297. The molecule has 0 bridgehead atoms. The standard InChI is InChI=1S/C12H11NO3S/c1-3-10(15)8-4-5-9-11(6-8)17-12(16)13(9)7(2)14/h4-6H,3H2,1-2H3. The van der Waals surface area contributed by atoms with Crippen molar-refractivity contribution < 1.29 is 9.59 Å². The molecule has 1 heterocycles. The van der Waals surface area contributed by atoms with E-state index in [1.807, 2.05) is 0 Å². The molecule has 2 rings (SSSR count). The van der Waals surface area contributed by atoms with Crippen LogP contribution in [0.3, 0.4) is 0 Å². The number of fused-ring (bicyclic) bond motifs is 1. The first-order chi connectivity index (χ1) is 8.04. The zero-order chi connectivity index (χ0) is 12.6. The Hall–Kier alpha value is -1.75. The van der Waals surface area contributed by atoms with Crippen LogP contribution in [0.25, 0.3) is 10.2 Å². The highest BCUT2D eigenvalue weighted by molar-refractivity contribution is 7.16. The van der Waals surface area contributed by atoms with Crippen molar-refractivity contribution in [2.45, 2.75) is 20.3 Å². The van der Waals surface area contributed by atoms with E-state index < -0.39 is 0 Å². The molecule has 0 amide bonds. The van der Waals surface area contributed by atoms with Gasteiger partial charge in [-0.2, -0.15) is 0 Å². The molecule has 88 valence electrons. The van der Waals surface area contributed by atoms with E-state index >= 15 is 0 Å². The fraction of sp³-hybridized carbons (Fsp3) is 0.250. The molecule has 0 unspecified atom stereocenters. The minimum Gasteiger partial charge on any atom is -0.294 e. The van der Waals surface area contributed by atoms with Gasteiger partial charge >= 0.3 is 4.87 Å². The molecule has 1 aromatic heterocycles. The number of nitrogens with zero attached hydrogens (tertiary/aromatic N) is 1. The average Bonchev–Trinajstić information content (AvgIpc) is 2.62. The van der Waals surface area contributed by atoms with Crippen LogP contribution in [0.4, 0.5) is 0 Å². The largest absolute Gasteiger partial charge is 0.314 e. The van der Waals surface area contributed by atoms with Crippen LogP contribution in [0.2, 0.25) is 0 Å².